The monoisotopic (exact) mass is 259 g/mol. The first kappa shape index (κ1) is 13.7. The van der Waals surface area contributed by atoms with Crippen molar-refractivity contribution in [2.75, 3.05) is 6.54 Å². The van der Waals surface area contributed by atoms with Gasteiger partial charge in [-0.25, -0.2) is 0 Å². The van der Waals surface area contributed by atoms with Crippen LogP contribution in [0.15, 0.2) is 34.7 Å². The van der Waals surface area contributed by atoms with Crippen molar-refractivity contribution in [1.82, 2.24) is 15.5 Å². The van der Waals surface area contributed by atoms with Gasteiger partial charge in [-0.15, -0.1) is 10.2 Å². The second-order valence-corrected chi connectivity index (χ2v) is 5.03. The molecular weight excluding hydrogens is 238 g/mol. The van der Waals surface area contributed by atoms with Gasteiger partial charge in [-0.2, -0.15) is 0 Å². The summed E-state index contributed by atoms with van der Waals surface area (Å²) in [4.78, 5) is 0. The molecule has 102 valence electrons. The van der Waals surface area contributed by atoms with Gasteiger partial charge in [-0.1, -0.05) is 44.2 Å². The van der Waals surface area contributed by atoms with Crippen LogP contribution in [0.2, 0.25) is 0 Å². The van der Waals surface area contributed by atoms with E-state index in [9.17, 15) is 0 Å². The molecule has 1 aromatic heterocycles. The molecule has 0 bridgehead atoms. The molecule has 4 nitrogen and oxygen atoms in total. The van der Waals surface area contributed by atoms with Crippen LogP contribution in [0.1, 0.15) is 44.0 Å². The van der Waals surface area contributed by atoms with E-state index in [1.807, 2.05) is 18.2 Å². The Kier molecular flexibility index (Phi) is 4.68. The van der Waals surface area contributed by atoms with E-state index < -0.39 is 0 Å². The van der Waals surface area contributed by atoms with E-state index >= 15 is 0 Å². The highest BCUT2D eigenvalue weighted by Crippen LogP contribution is 2.22. The fourth-order valence-corrected chi connectivity index (χ4v) is 1.89. The summed E-state index contributed by atoms with van der Waals surface area (Å²) < 4.78 is 5.72. The van der Waals surface area contributed by atoms with Gasteiger partial charge in [0.1, 0.15) is 0 Å². The summed E-state index contributed by atoms with van der Waals surface area (Å²) in [5.41, 5.74) is 1.19. The van der Waals surface area contributed by atoms with Crippen LogP contribution in [0, 0.1) is 0 Å². The molecule has 1 heterocycles. The van der Waals surface area contributed by atoms with E-state index in [-0.39, 0.29) is 5.92 Å². The van der Waals surface area contributed by atoms with Crippen LogP contribution in [-0.2, 0) is 6.42 Å². The zero-order valence-corrected chi connectivity index (χ0v) is 11.8. The molecule has 0 amide bonds. The molecule has 1 atom stereocenters. The lowest BCUT2D eigenvalue weighted by Crippen LogP contribution is -2.25. The minimum absolute atomic E-state index is 0.139. The van der Waals surface area contributed by atoms with Crippen LogP contribution in [-0.4, -0.2) is 22.8 Å². The molecule has 4 heteroatoms. The van der Waals surface area contributed by atoms with E-state index in [0.717, 1.165) is 13.0 Å². The summed E-state index contributed by atoms with van der Waals surface area (Å²) >= 11 is 0. The molecule has 1 N–H and O–H groups in total. The van der Waals surface area contributed by atoms with Crippen molar-refractivity contribution < 1.29 is 4.42 Å². The number of hydrogen-bond acceptors (Lipinski definition) is 4. The second-order valence-electron chi connectivity index (χ2n) is 5.03. The average molecular weight is 259 g/mol. The maximum Gasteiger partial charge on any atom is 0.223 e. The standard InChI is InChI=1S/C15H21N3O/c1-11(2)16-10-9-14-17-18-15(19-14)12(3)13-7-5-4-6-8-13/h4-8,11-12,16H,9-10H2,1-3H3. The zero-order valence-electron chi connectivity index (χ0n) is 11.8. The van der Waals surface area contributed by atoms with Gasteiger partial charge < -0.3 is 9.73 Å². The first-order valence-electron chi connectivity index (χ1n) is 6.77. The van der Waals surface area contributed by atoms with Crippen LogP contribution >= 0.6 is 0 Å². The van der Waals surface area contributed by atoms with Crippen LogP contribution in [0.4, 0.5) is 0 Å². The zero-order chi connectivity index (χ0) is 13.7. The fraction of sp³-hybridized carbons (Fsp3) is 0.467. The van der Waals surface area contributed by atoms with Crippen molar-refractivity contribution in [3.8, 4) is 0 Å². The van der Waals surface area contributed by atoms with Crippen molar-refractivity contribution in [1.29, 1.82) is 0 Å². The summed E-state index contributed by atoms with van der Waals surface area (Å²) in [5.74, 6) is 1.53. The number of aromatic nitrogens is 2. The molecular formula is C15H21N3O. The highest BCUT2D eigenvalue weighted by molar-refractivity contribution is 5.23. The van der Waals surface area contributed by atoms with Gasteiger partial charge in [0.2, 0.25) is 11.8 Å². The first-order valence-corrected chi connectivity index (χ1v) is 6.77. The molecule has 2 rings (SSSR count). The molecule has 0 saturated heterocycles. The van der Waals surface area contributed by atoms with E-state index in [0.29, 0.717) is 17.8 Å². The first-order chi connectivity index (χ1) is 9.16. The minimum Gasteiger partial charge on any atom is -0.425 e. The third kappa shape index (κ3) is 3.89. The predicted molar refractivity (Wildman–Crippen MR) is 75.1 cm³/mol. The summed E-state index contributed by atoms with van der Waals surface area (Å²) in [7, 11) is 0. The summed E-state index contributed by atoms with van der Waals surface area (Å²) in [6.07, 6.45) is 0.771. The Labute approximate surface area is 114 Å². The smallest absolute Gasteiger partial charge is 0.223 e. The Balaban J connectivity index is 1.97. The Morgan fingerprint density at radius 1 is 1.11 bits per heavy atom. The summed E-state index contributed by atoms with van der Waals surface area (Å²) in [5, 5.41) is 11.6. The third-order valence-electron chi connectivity index (χ3n) is 3.04. The molecule has 2 aromatic rings. The van der Waals surface area contributed by atoms with Crippen molar-refractivity contribution in [3.05, 3.63) is 47.7 Å². The lowest BCUT2D eigenvalue weighted by atomic mass is 10.0. The Morgan fingerprint density at radius 2 is 1.84 bits per heavy atom. The van der Waals surface area contributed by atoms with Crippen molar-refractivity contribution in [2.24, 2.45) is 0 Å². The van der Waals surface area contributed by atoms with Crippen LogP contribution in [0.3, 0.4) is 0 Å². The largest absolute Gasteiger partial charge is 0.425 e. The quantitative estimate of drug-likeness (QED) is 0.866. The van der Waals surface area contributed by atoms with Crippen LogP contribution in [0.5, 0.6) is 0 Å². The molecule has 19 heavy (non-hydrogen) atoms. The van der Waals surface area contributed by atoms with E-state index in [1.54, 1.807) is 0 Å². The predicted octanol–water partition coefficient (Wildman–Crippen LogP) is 2.76. The van der Waals surface area contributed by atoms with Crippen molar-refractivity contribution in [3.63, 3.8) is 0 Å². The highest BCUT2D eigenvalue weighted by atomic mass is 16.4. The molecule has 0 aliphatic heterocycles. The summed E-state index contributed by atoms with van der Waals surface area (Å²) in [6, 6.07) is 10.7. The topological polar surface area (TPSA) is 51.0 Å². The van der Waals surface area contributed by atoms with Gasteiger partial charge in [0.05, 0.1) is 5.92 Å². The van der Waals surface area contributed by atoms with Crippen LogP contribution in [0.25, 0.3) is 0 Å². The number of benzene rings is 1. The molecule has 1 unspecified atom stereocenters. The van der Waals surface area contributed by atoms with Gasteiger partial charge in [0.25, 0.3) is 0 Å². The summed E-state index contributed by atoms with van der Waals surface area (Å²) in [6.45, 7) is 7.19. The Morgan fingerprint density at radius 3 is 2.53 bits per heavy atom. The van der Waals surface area contributed by atoms with Crippen molar-refractivity contribution in [2.45, 2.75) is 39.2 Å². The van der Waals surface area contributed by atoms with Crippen LogP contribution < -0.4 is 5.32 Å². The van der Waals surface area contributed by atoms with Gasteiger partial charge in [-0.3, -0.25) is 0 Å². The molecule has 1 aromatic carbocycles. The Bertz CT molecular complexity index is 493. The fourth-order valence-electron chi connectivity index (χ4n) is 1.89. The number of nitrogens with zero attached hydrogens (tertiary/aromatic N) is 2. The molecule has 0 aliphatic rings. The van der Waals surface area contributed by atoms with Crippen molar-refractivity contribution >= 4 is 0 Å². The van der Waals surface area contributed by atoms with E-state index in [2.05, 4.69) is 48.4 Å². The lowest BCUT2D eigenvalue weighted by molar-refractivity contribution is 0.430. The molecule has 0 radical (unpaired) electrons. The van der Waals surface area contributed by atoms with Gasteiger partial charge in [0.15, 0.2) is 0 Å². The Hall–Kier alpha value is -1.68. The normalized spacial score (nSPS) is 12.8. The van der Waals surface area contributed by atoms with Gasteiger partial charge >= 0.3 is 0 Å². The molecule has 0 spiro atoms. The maximum absolute atomic E-state index is 5.72. The van der Waals surface area contributed by atoms with Gasteiger partial charge in [0, 0.05) is 19.0 Å². The highest BCUT2D eigenvalue weighted by Gasteiger charge is 2.15. The third-order valence-corrected chi connectivity index (χ3v) is 3.04. The number of nitrogens with one attached hydrogen (secondary N) is 1. The second kappa shape index (κ2) is 6.48. The minimum atomic E-state index is 0.139. The molecule has 0 saturated carbocycles. The SMILES string of the molecule is CC(C)NCCc1nnc(C(C)c2ccccc2)o1. The van der Waals surface area contributed by atoms with Gasteiger partial charge in [-0.05, 0) is 12.5 Å². The molecule has 0 aliphatic carbocycles. The number of rotatable bonds is 6. The number of hydrogen-bond donors (Lipinski definition) is 1. The van der Waals surface area contributed by atoms with E-state index in [1.165, 1.54) is 5.56 Å². The van der Waals surface area contributed by atoms with E-state index in [4.69, 9.17) is 4.42 Å². The maximum atomic E-state index is 5.72. The molecule has 0 fully saturated rings. The average Bonchev–Trinajstić information content (AvgIpc) is 2.87. The lowest BCUT2D eigenvalue weighted by Gasteiger charge is -2.06.